The van der Waals surface area contributed by atoms with E-state index in [4.69, 9.17) is 0 Å². The van der Waals surface area contributed by atoms with Crippen LogP contribution in [0.25, 0.3) is 0 Å². The molecule has 0 aromatic heterocycles. The van der Waals surface area contributed by atoms with Crippen molar-refractivity contribution < 1.29 is 0 Å². The van der Waals surface area contributed by atoms with E-state index in [0.717, 1.165) is 32.1 Å². The molecule has 0 bridgehead atoms. The van der Waals surface area contributed by atoms with E-state index in [2.05, 4.69) is 30.2 Å². The number of hydrogen-bond donors (Lipinski definition) is 1. The van der Waals surface area contributed by atoms with E-state index in [1.165, 1.54) is 11.3 Å². The van der Waals surface area contributed by atoms with Crippen molar-refractivity contribution in [2.24, 2.45) is 11.3 Å². The maximum absolute atomic E-state index is 9.24. The van der Waals surface area contributed by atoms with Gasteiger partial charge in [0.25, 0.3) is 0 Å². The summed E-state index contributed by atoms with van der Waals surface area (Å²) in [6, 6.07) is 3.04. The molecule has 0 aromatic rings. The normalized spacial score (nSPS) is 40.0. The fourth-order valence-electron chi connectivity index (χ4n) is 3.23. The molecule has 0 aromatic carbocycles. The number of rotatable bonds is 0. The minimum Gasteiger partial charge on any atom is -0.384 e. The molecule has 3 aliphatic rings. The molecule has 3 atom stereocenters. The lowest BCUT2D eigenvalue weighted by Crippen LogP contribution is -2.38. The first-order valence-electron chi connectivity index (χ1n) is 6.12. The van der Waals surface area contributed by atoms with Crippen LogP contribution in [0.3, 0.4) is 0 Å². The van der Waals surface area contributed by atoms with Crippen molar-refractivity contribution in [3.05, 3.63) is 11.3 Å². The number of nitrogens with zero attached hydrogens (tertiary/aromatic N) is 1. The number of allylic oxidation sites excluding steroid dienone is 1. The molecule has 2 aliphatic carbocycles. The zero-order valence-corrected chi connectivity index (χ0v) is 9.64. The Morgan fingerprint density at radius 3 is 3.25 bits per heavy atom. The van der Waals surface area contributed by atoms with E-state index in [0.29, 0.717) is 12.0 Å². The van der Waals surface area contributed by atoms with E-state index in [-0.39, 0.29) is 5.41 Å². The van der Waals surface area contributed by atoms with Gasteiger partial charge >= 0.3 is 0 Å². The highest BCUT2D eigenvalue weighted by atomic mass is 15.0. The zero-order chi connectivity index (χ0) is 11.2. The fourth-order valence-corrected chi connectivity index (χ4v) is 3.23. The number of nitrogens with one attached hydrogen (secondary N) is 1. The van der Waals surface area contributed by atoms with Crippen LogP contribution in [-0.2, 0) is 0 Å². The fraction of sp³-hybridized carbons (Fsp3) is 0.643. The minimum absolute atomic E-state index is 0.135. The maximum atomic E-state index is 9.24. The highest BCUT2D eigenvalue weighted by molar-refractivity contribution is 5.43. The summed E-state index contributed by atoms with van der Waals surface area (Å²) in [5.74, 6) is 7.00. The molecule has 1 N–H and O–H groups in total. The van der Waals surface area contributed by atoms with E-state index >= 15 is 0 Å². The summed E-state index contributed by atoms with van der Waals surface area (Å²) in [5, 5.41) is 12.9. The molecule has 1 fully saturated rings. The Morgan fingerprint density at radius 1 is 1.56 bits per heavy atom. The smallest absolute Gasteiger partial charge is 0.0687 e. The quantitative estimate of drug-likeness (QED) is 0.626. The Kier molecular flexibility index (Phi) is 2.01. The maximum Gasteiger partial charge on any atom is 0.0687 e. The van der Waals surface area contributed by atoms with Gasteiger partial charge in [-0.3, -0.25) is 0 Å². The Balaban J connectivity index is 1.90. The molecule has 3 rings (SSSR count). The Morgan fingerprint density at radius 2 is 2.44 bits per heavy atom. The average molecular weight is 212 g/mol. The van der Waals surface area contributed by atoms with Gasteiger partial charge in [-0.1, -0.05) is 11.8 Å². The first-order valence-corrected chi connectivity index (χ1v) is 6.12. The lowest BCUT2D eigenvalue weighted by molar-refractivity contribution is 0.215. The van der Waals surface area contributed by atoms with Gasteiger partial charge in [-0.25, -0.2) is 0 Å². The lowest BCUT2D eigenvalue weighted by atomic mass is 9.68. The molecule has 0 radical (unpaired) electrons. The van der Waals surface area contributed by atoms with Gasteiger partial charge in [-0.15, -0.1) is 0 Å². The zero-order valence-electron chi connectivity index (χ0n) is 9.64. The van der Waals surface area contributed by atoms with Crippen LogP contribution in [-0.4, -0.2) is 6.04 Å². The van der Waals surface area contributed by atoms with Crippen molar-refractivity contribution in [1.29, 1.82) is 5.26 Å². The molecule has 16 heavy (non-hydrogen) atoms. The summed E-state index contributed by atoms with van der Waals surface area (Å²) >= 11 is 0. The van der Waals surface area contributed by atoms with Crippen LogP contribution in [0.2, 0.25) is 0 Å². The Labute approximate surface area is 96.7 Å². The third kappa shape index (κ3) is 1.34. The molecule has 0 spiro atoms. The highest BCUT2D eigenvalue weighted by Crippen LogP contribution is 2.45. The van der Waals surface area contributed by atoms with Crippen molar-refractivity contribution in [3.63, 3.8) is 0 Å². The van der Waals surface area contributed by atoms with Crippen molar-refractivity contribution >= 4 is 0 Å². The number of nitriles is 1. The summed E-state index contributed by atoms with van der Waals surface area (Å²) in [5.41, 5.74) is 2.55. The predicted molar refractivity (Wildman–Crippen MR) is 62.0 cm³/mol. The topological polar surface area (TPSA) is 35.8 Å². The molecular weight excluding hydrogens is 196 g/mol. The first kappa shape index (κ1) is 9.79. The van der Waals surface area contributed by atoms with Crippen molar-refractivity contribution in [1.82, 2.24) is 5.32 Å². The predicted octanol–water partition coefficient (Wildman–Crippen LogP) is 2.34. The van der Waals surface area contributed by atoms with Gasteiger partial charge in [0.1, 0.15) is 0 Å². The van der Waals surface area contributed by atoms with E-state index in [1.54, 1.807) is 0 Å². The molecular formula is C14H16N2. The van der Waals surface area contributed by atoms with E-state index in [9.17, 15) is 5.26 Å². The summed E-state index contributed by atoms with van der Waals surface area (Å²) in [6.45, 7) is 2.10. The van der Waals surface area contributed by atoms with Crippen LogP contribution in [0.1, 0.15) is 39.0 Å². The molecule has 1 aliphatic heterocycles. The summed E-state index contributed by atoms with van der Waals surface area (Å²) in [6.07, 6.45) is 5.18. The van der Waals surface area contributed by atoms with Crippen LogP contribution in [0.15, 0.2) is 11.3 Å². The molecule has 3 unspecified atom stereocenters. The van der Waals surface area contributed by atoms with Gasteiger partial charge in [-0.05, 0) is 32.6 Å². The van der Waals surface area contributed by atoms with Crippen LogP contribution >= 0.6 is 0 Å². The monoisotopic (exact) mass is 212 g/mol. The first-order chi connectivity index (χ1) is 7.72. The second kappa shape index (κ2) is 3.29. The highest BCUT2D eigenvalue weighted by Gasteiger charge is 2.43. The van der Waals surface area contributed by atoms with Gasteiger partial charge in [0.15, 0.2) is 0 Å². The molecule has 82 valence electrons. The van der Waals surface area contributed by atoms with Crippen LogP contribution in [0.4, 0.5) is 0 Å². The van der Waals surface area contributed by atoms with Crippen LogP contribution < -0.4 is 5.32 Å². The van der Waals surface area contributed by atoms with Crippen molar-refractivity contribution in [2.75, 3.05) is 0 Å². The van der Waals surface area contributed by atoms with Crippen LogP contribution in [0, 0.1) is 34.5 Å². The molecule has 0 amide bonds. The molecule has 1 saturated carbocycles. The van der Waals surface area contributed by atoms with Crippen molar-refractivity contribution in [2.45, 2.75) is 45.1 Å². The lowest BCUT2D eigenvalue weighted by Gasteiger charge is -2.35. The number of hydrogen-bond acceptors (Lipinski definition) is 2. The summed E-state index contributed by atoms with van der Waals surface area (Å²) in [4.78, 5) is 0. The molecule has 0 saturated heterocycles. The second-order valence-electron chi connectivity index (χ2n) is 5.47. The molecule has 2 heteroatoms. The van der Waals surface area contributed by atoms with Gasteiger partial charge in [0.2, 0.25) is 0 Å². The van der Waals surface area contributed by atoms with Gasteiger partial charge in [-0.2, -0.15) is 5.26 Å². The minimum atomic E-state index is -0.135. The van der Waals surface area contributed by atoms with E-state index < -0.39 is 0 Å². The number of fused-ring (bicyclic) bond motifs is 2. The SMILES string of the molecule is CC1(C#N)CCC2NC3=C(C#CCC3)C2C1. The van der Waals surface area contributed by atoms with Crippen molar-refractivity contribution in [3.8, 4) is 17.9 Å². The largest absolute Gasteiger partial charge is 0.384 e. The van der Waals surface area contributed by atoms with Gasteiger partial charge in [0, 0.05) is 29.7 Å². The Bertz CT molecular complexity index is 457. The summed E-state index contributed by atoms with van der Waals surface area (Å²) in [7, 11) is 0. The second-order valence-corrected chi connectivity index (χ2v) is 5.47. The van der Waals surface area contributed by atoms with E-state index in [1.807, 2.05) is 0 Å². The van der Waals surface area contributed by atoms with Crippen LogP contribution in [0.5, 0.6) is 0 Å². The standard InChI is InChI=1S/C14H16N2/c1-14(9-15)7-6-13-11(8-14)10-4-2-3-5-12(10)16-13/h11,13,16H,3,5-8H2,1H3. The summed E-state index contributed by atoms with van der Waals surface area (Å²) < 4.78 is 0. The molecule has 1 heterocycles. The Hall–Kier alpha value is -1.41. The molecule has 2 nitrogen and oxygen atoms in total. The van der Waals surface area contributed by atoms with Gasteiger partial charge < -0.3 is 5.32 Å². The third-order valence-corrected chi connectivity index (χ3v) is 4.21. The van der Waals surface area contributed by atoms with Gasteiger partial charge in [0.05, 0.1) is 11.5 Å². The average Bonchev–Trinajstić information content (AvgIpc) is 2.67. The third-order valence-electron chi connectivity index (χ3n) is 4.21.